The zero-order valence-corrected chi connectivity index (χ0v) is 10.2. The first-order valence-electron chi connectivity index (χ1n) is 4.62. The van der Waals surface area contributed by atoms with E-state index in [4.69, 9.17) is 10.2 Å². The second-order valence-corrected chi connectivity index (χ2v) is 4.35. The molecule has 16 heavy (non-hydrogen) atoms. The van der Waals surface area contributed by atoms with Crippen molar-refractivity contribution in [2.75, 3.05) is 0 Å². The lowest BCUT2D eigenvalue weighted by Crippen LogP contribution is -2.16. The highest BCUT2D eigenvalue weighted by Crippen LogP contribution is 2.25. The Morgan fingerprint density at radius 1 is 1.38 bits per heavy atom. The molecular weight excluding hydrogens is 276 g/mol. The van der Waals surface area contributed by atoms with Crippen LogP contribution in [0.25, 0.3) is 0 Å². The van der Waals surface area contributed by atoms with E-state index in [1.165, 1.54) is 0 Å². The molecule has 2 N–H and O–H groups in total. The fourth-order valence-corrected chi connectivity index (χ4v) is 1.65. The summed E-state index contributed by atoms with van der Waals surface area (Å²) in [5, 5.41) is 17.6. The van der Waals surface area contributed by atoms with Gasteiger partial charge in [0.25, 0.3) is 0 Å². The third kappa shape index (κ3) is 3.06. The summed E-state index contributed by atoms with van der Waals surface area (Å²) < 4.78 is 0.871. The van der Waals surface area contributed by atoms with Crippen LogP contribution in [0.5, 0.6) is 0 Å². The molecule has 86 valence electrons. The summed E-state index contributed by atoms with van der Waals surface area (Å²) in [5.41, 5.74) is 1.39. The van der Waals surface area contributed by atoms with Crippen LogP contribution in [0.15, 0.2) is 22.7 Å². The number of carboxylic acids is 2. The van der Waals surface area contributed by atoms with Gasteiger partial charge in [-0.15, -0.1) is 0 Å². The van der Waals surface area contributed by atoms with Gasteiger partial charge in [-0.1, -0.05) is 28.1 Å². The molecule has 0 bridgehead atoms. The maximum Gasteiger partial charge on any atom is 0.311 e. The molecule has 1 rings (SSSR count). The summed E-state index contributed by atoms with van der Waals surface area (Å²) in [6.07, 6.45) is -0.406. The summed E-state index contributed by atoms with van der Waals surface area (Å²) in [7, 11) is 0. The number of hydrogen-bond donors (Lipinski definition) is 2. The lowest BCUT2D eigenvalue weighted by atomic mass is 9.95. The summed E-state index contributed by atoms with van der Waals surface area (Å²) in [6.45, 7) is 1.83. The number of halogens is 1. The number of carbonyl (C=O) groups is 2. The van der Waals surface area contributed by atoms with Crippen molar-refractivity contribution >= 4 is 27.9 Å². The molecule has 4 nitrogen and oxygen atoms in total. The molecule has 0 saturated carbocycles. The van der Waals surface area contributed by atoms with Gasteiger partial charge in [0.1, 0.15) is 0 Å². The Balaban J connectivity index is 3.06. The van der Waals surface area contributed by atoms with Crippen LogP contribution in [0.3, 0.4) is 0 Å². The summed E-state index contributed by atoms with van der Waals surface area (Å²) in [6, 6.07) is 5.03. The molecule has 0 aliphatic rings. The first-order chi connectivity index (χ1) is 7.41. The van der Waals surface area contributed by atoms with Crippen molar-refractivity contribution in [1.82, 2.24) is 0 Å². The first kappa shape index (κ1) is 12.7. The Bertz CT molecular complexity index is 428. The minimum absolute atomic E-state index is 0.406. The van der Waals surface area contributed by atoms with Gasteiger partial charge in [0.05, 0.1) is 12.3 Å². The zero-order valence-electron chi connectivity index (χ0n) is 8.61. The second kappa shape index (κ2) is 5.12. The molecule has 1 aromatic rings. The Labute approximate surface area is 101 Å². The van der Waals surface area contributed by atoms with Crippen molar-refractivity contribution in [3.05, 3.63) is 33.8 Å². The molecule has 5 heteroatoms. The molecule has 0 amide bonds. The minimum Gasteiger partial charge on any atom is -0.481 e. The Hall–Kier alpha value is -1.36. The molecule has 1 atom stereocenters. The van der Waals surface area contributed by atoms with Crippen LogP contribution in [0, 0.1) is 6.92 Å². The maximum atomic E-state index is 11.0. The number of rotatable bonds is 4. The van der Waals surface area contributed by atoms with Crippen LogP contribution in [-0.2, 0) is 9.59 Å². The average molecular weight is 287 g/mol. The highest BCUT2D eigenvalue weighted by Gasteiger charge is 2.23. The van der Waals surface area contributed by atoms with E-state index in [9.17, 15) is 9.59 Å². The van der Waals surface area contributed by atoms with Gasteiger partial charge in [-0.3, -0.25) is 9.59 Å². The number of hydrogen-bond acceptors (Lipinski definition) is 2. The lowest BCUT2D eigenvalue weighted by Gasteiger charge is -2.11. The van der Waals surface area contributed by atoms with Crippen LogP contribution in [-0.4, -0.2) is 22.2 Å². The van der Waals surface area contributed by atoms with E-state index in [0.29, 0.717) is 5.56 Å². The fraction of sp³-hybridized carbons (Fsp3) is 0.273. The molecule has 1 aromatic carbocycles. The van der Waals surface area contributed by atoms with E-state index in [0.717, 1.165) is 10.0 Å². The van der Waals surface area contributed by atoms with Gasteiger partial charge in [0.2, 0.25) is 0 Å². The van der Waals surface area contributed by atoms with E-state index in [2.05, 4.69) is 15.9 Å². The van der Waals surface area contributed by atoms with E-state index < -0.39 is 24.3 Å². The summed E-state index contributed by atoms with van der Waals surface area (Å²) in [4.78, 5) is 21.5. The summed E-state index contributed by atoms with van der Waals surface area (Å²) in [5.74, 6) is -3.23. The average Bonchev–Trinajstić information content (AvgIpc) is 2.18. The van der Waals surface area contributed by atoms with Crippen molar-refractivity contribution in [2.24, 2.45) is 0 Å². The van der Waals surface area contributed by atoms with E-state index >= 15 is 0 Å². The van der Waals surface area contributed by atoms with Crippen LogP contribution >= 0.6 is 15.9 Å². The van der Waals surface area contributed by atoms with Crippen molar-refractivity contribution in [2.45, 2.75) is 19.3 Å². The zero-order chi connectivity index (χ0) is 12.3. The molecule has 0 heterocycles. The monoisotopic (exact) mass is 286 g/mol. The number of aliphatic carboxylic acids is 2. The molecule has 0 spiro atoms. The lowest BCUT2D eigenvalue weighted by molar-refractivity contribution is -0.145. The Morgan fingerprint density at radius 3 is 2.44 bits per heavy atom. The minimum atomic E-state index is -1.12. The van der Waals surface area contributed by atoms with Crippen molar-refractivity contribution in [3.63, 3.8) is 0 Å². The third-order valence-electron chi connectivity index (χ3n) is 2.26. The molecule has 0 saturated heterocycles. The molecule has 0 aromatic heterocycles. The maximum absolute atomic E-state index is 11.0. The highest BCUT2D eigenvalue weighted by molar-refractivity contribution is 9.10. The van der Waals surface area contributed by atoms with Gasteiger partial charge in [0, 0.05) is 4.47 Å². The van der Waals surface area contributed by atoms with Crippen molar-refractivity contribution in [1.29, 1.82) is 0 Å². The first-order valence-corrected chi connectivity index (χ1v) is 5.41. The van der Waals surface area contributed by atoms with E-state index in [1.807, 2.05) is 6.92 Å². The van der Waals surface area contributed by atoms with Gasteiger partial charge in [0.15, 0.2) is 0 Å². The van der Waals surface area contributed by atoms with Gasteiger partial charge in [-0.25, -0.2) is 0 Å². The normalized spacial score (nSPS) is 12.1. The molecule has 0 aliphatic heterocycles. The number of benzene rings is 1. The topological polar surface area (TPSA) is 74.6 Å². The smallest absolute Gasteiger partial charge is 0.311 e. The molecule has 0 aliphatic carbocycles. The molecule has 0 fully saturated rings. The van der Waals surface area contributed by atoms with Crippen LogP contribution in [0.4, 0.5) is 0 Å². The predicted molar refractivity (Wildman–Crippen MR) is 61.5 cm³/mol. The standard InChI is InChI=1S/C11H11BrO4/c1-6-4-7(2-3-9(6)12)8(11(15)16)5-10(13)14/h2-4,8H,5H2,1H3,(H,13,14)(H,15,16). The summed E-state index contributed by atoms with van der Waals surface area (Å²) >= 11 is 3.30. The van der Waals surface area contributed by atoms with E-state index in [-0.39, 0.29) is 0 Å². The van der Waals surface area contributed by atoms with Crippen molar-refractivity contribution in [3.8, 4) is 0 Å². The Kier molecular flexibility index (Phi) is 4.06. The predicted octanol–water partition coefficient (Wildman–Crippen LogP) is 2.40. The van der Waals surface area contributed by atoms with Gasteiger partial charge in [-0.2, -0.15) is 0 Å². The van der Waals surface area contributed by atoms with Crippen LogP contribution in [0.1, 0.15) is 23.5 Å². The molecule has 1 unspecified atom stereocenters. The van der Waals surface area contributed by atoms with Gasteiger partial charge >= 0.3 is 11.9 Å². The Morgan fingerprint density at radius 2 is 2.00 bits per heavy atom. The largest absolute Gasteiger partial charge is 0.481 e. The number of aryl methyl sites for hydroxylation is 1. The second-order valence-electron chi connectivity index (χ2n) is 3.50. The number of carboxylic acid groups (broad SMARTS) is 2. The van der Waals surface area contributed by atoms with Crippen LogP contribution in [0.2, 0.25) is 0 Å². The third-order valence-corrected chi connectivity index (χ3v) is 3.15. The van der Waals surface area contributed by atoms with E-state index in [1.54, 1.807) is 18.2 Å². The van der Waals surface area contributed by atoms with Crippen LogP contribution < -0.4 is 0 Å². The van der Waals surface area contributed by atoms with Gasteiger partial charge < -0.3 is 10.2 Å². The van der Waals surface area contributed by atoms with Crippen molar-refractivity contribution < 1.29 is 19.8 Å². The molecule has 0 radical (unpaired) electrons. The molecular formula is C11H11BrO4. The highest BCUT2D eigenvalue weighted by atomic mass is 79.9. The quantitative estimate of drug-likeness (QED) is 0.891. The SMILES string of the molecule is Cc1cc(C(CC(=O)O)C(=O)O)ccc1Br. The fourth-order valence-electron chi connectivity index (χ4n) is 1.41. The van der Waals surface area contributed by atoms with Gasteiger partial charge in [-0.05, 0) is 24.1 Å².